The van der Waals surface area contributed by atoms with Crippen molar-refractivity contribution < 1.29 is 0 Å². The Hall–Kier alpha value is -2.40. The number of aromatic amines is 1. The predicted molar refractivity (Wildman–Crippen MR) is 91.4 cm³/mol. The second-order valence-electron chi connectivity index (χ2n) is 6.71. The zero-order valence-corrected chi connectivity index (χ0v) is 13.1. The zero-order chi connectivity index (χ0) is 15.4. The molecule has 0 saturated carbocycles. The van der Waals surface area contributed by atoms with Crippen molar-refractivity contribution in [1.82, 2.24) is 19.9 Å². The largest absolute Gasteiger partial charge is 0.361 e. The molecule has 0 spiro atoms. The minimum Gasteiger partial charge on any atom is -0.361 e. The molecule has 2 aliphatic heterocycles. The van der Waals surface area contributed by atoms with Crippen LogP contribution in [0.5, 0.6) is 0 Å². The summed E-state index contributed by atoms with van der Waals surface area (Å²) in [5.74, 6) is 1.79. The monoisotopic (exact) mass is 305 g/mol. The predicted octanol–water partition coefficient (Wildman–Crippen LogP) is 2.38. The molecule has 0 amide bonds. The summed E-state index contributed by atoms with van der Waals surface area (Å²) in [5, 5.41) is 1.20. The first-order valence-electron chi connectivity index (χ1n) is 8.13. The van der Waals surface area contributed by atoms with Crippen molar-refractivity contribution in [3.8, 4) is 11.3 Å². The van der Waals surface area contributed by atoms with Gasteiger partial charge in [0, 0.05) is 54.3 Å². The van der Waals surface area contributed by atoms with Crippen LogP contribution in [-0.2, 0) is 0 Å². The number of H-pyrrole nitrogens is 1. The normalized spacial score (nSPS) is 24.0. The van der Waals surface area contributed by atoms with Crippen molar-refractivity contribution in [2.45, 2.75) is 6.04 Å². The highest BCUT2D eigenvalue weighted by atomic mass is 15.3. The van der Waals surface area contributed by atoms with Crippen LogP contribution in [0.25, 0.3) is 22.2 Å². The molecule has 5 rings (SSSR count). The second kappa shape index (κ2) is 4.80. The molecule has 0 aliphatic carbocycles. The maximum atomic E-state index is 4.87. The Bertz CT molecular complexity index is 870. The molecular weight excluding hydrogens is 286 g/mol. The van der Waals surface area contributed by atoms with Gasteiger partial charge < -0.3 is 14.8 Å². The van der Waals surface area contributed by atoms with Crippen molar-refractivity contribution in [1.29, 1.82) is 0 Å². The Morgan fingerprint density at radius 3 is 2.96 bits per heavy atom. The first kappa shape index (κ1) is 13.1. The SMILES string of the molecule is CN1C[C@H]2CN(c3cncc(-c4ccc5[nH]ccc5c4)n3)C[C@@H]21. The van der Waals surface area contributed by atoms with Crippen LogP contribution in [0.15, 0.2) is 42.9 Å². The standard InChI is InChI=1S/C18H19N5/c1-22-9-14-10-23(11-17(14)22)18-8-19-7-16(21-18)12-2-3-15-13(6-12)4-5-20-15/h2-8,14,17,20H,9-11H2,1H3/t14-,17-/m0/s1. The van der Waals surface area contributed by atoms with Gasteiger partial charge >= 0.3 is 0 Å². The van der Waals surface area contributed by atoms with E-state index in [1.54, 1.807) is 0 Å². The van der Waals surface area contributed by atoms with E-state index in [9.17, 15) is 0 Å². The molecule has 0 bridgehead atoms. The molecule has 5 nitrogen and oxygen atoms in total. The zero-order valence-electron chi connectivity index (χ0n) is 13.1. The number of likely N-dealkylation sites (tertiary alicyclic amines) is 1. The number of fused-ring (bicyclic) bond motifs is 2. The number of anilines is 1. The van der Waals surface area contributed by atoms with Gasteiger partial charge in [0.05, 0.1) is 18.1 Å². The summed E-state index contributed by atoms with van der Waals surface area (Å²) in [6.07, 6.45) is 5.71. The van der Waals surface area contributed by atoms with E-state index in [2.05, 4.69) is 51.1 Å². The van der Waals surface area contributed by atoms with Crippen molar-refractivity contribution in [3.63, 3.8) is 0 Å². The van der Waals surface area contributed by atoms with Gasteiger partial charge in [0.2, 0.25) is 0 Å². The van der Waals surface area contributed by atoms with Gasteiger partial charge in [-0.25, -0.2) is 4.98 Å². The number of hydrogen-bond acceptors (Lipinski definition) is 4. The minimum atomic E-state index is 0.691. The van der Waals surface area contributed by atoms with Gasteiger partial charge in [-0.05, 0) is 25.2 Å². The molecule has 4 heterocycles. The molecular formula is C18H19N5. The van der Waals surface area contributed by atoms with E-state index < -0.39 is 0 Å². The summed E-state index contributed by atoms with van der Waals surface area (Å²) in [5.41, 5.74) is 3.21. The van der Waals surface area contributed by atoms with E-state index >= 15 is 0 Å². The van der Waals surface area contributed by atoms with Crippen LogP contribution < -0.4 is 4.90 Å². The van der Waals surface area contributed by atoms with Crippen LogP contribution in [0.2, 0.25) is 0 Å². The molecule has 5 heteroatoms. The average molecular weight is 305 g/mol. The number of hydrogen-bond donors (Lipinski definition) is 1. The number of likely N-dealkylation sites (N-methyl/N-ethyl adjacent to an activating group) is 1. The van der Waals surface area contributed by atoms with E-state index in [1.807, 2.05) is 18.6 Å². The third kappa shape index (κ3) is 2.04. The molecule has 1 aromatic carbocycles. The fraction of sp³-hybridized carbons (Fsp3) is 0.333. The highest BCUT2D eigenvalue weighted by Gasteiger charge is 2.43. The first-order valence-corrected chi connectivity index (χ1v) is 8.13. The summed E-state index contributed by atoms with van der Waals surface area (Å²) in [6.45, 7) is 3.37. The molecule has 2 saturated heterocycles. The van der Waals surface area contributed by atoms with E-state index in [0.717, 1.165) is 41.6 Å². The molecule has 2 aromatic heterocycles. The Kier molecular flexibility index (Phi) is 2.73. The maximum absolute atomic E-state index is 4.87. The molecule has 2 aliphatic rings. The van der Waals surface area contributed by atoms with Crippen molar-refractivity contribution >= 4 is 16.7 Å². The molecule has 23 heavy (non-hydrogen) atoms. The van der Waals surface area contributed by atoms with E-state index in [4.69, 9.17) is 4.98 Å². The molecule has 1 N–H and O–H groups in total. The number of benzene rings is 1. The van der Waals surface area contributed by atoms with Crippen LogP contribution in [0.4, 0.5) is 5.82 Å². The Labute approximate surface area is 135 Å². The third-order valence-electron chi connectivity index (χ3n) is 5.29. The summed E-state index contributed by atoms with van der Waals surface area (Å²) in [7, 11) is 2.21. The molecule has 3 aromatic rings. The Balaban J connectivity index is 1.48. The lowest BCUT2D eigenvalue weighted by molar-refractivity contribution is 0.0827. The van der Waals surface area contributed by atoms with Crippen molar-refractivity contribution in [3.05, 3.63) is 42.9 Å². The van der Waals surface area contributed by atoms with E-state index in [1.165, 1.54) is 11.9 Å². The van der Waals surface area contributed by atoms with Gasteiger partial charge in [0.15, 0.2) is 0 Å². The maximum Gasteiger partial charge on any atom is 0.147 e. The van der Waals surface area contributed by atoms with Crippen LogP contribution in [0.1, 0.15) is 0 Å². The lowest BCUT2D eigenvalue weighted by Crippen LogP contribution is -2.52. The van der Waals surface area contributed by atoms with Gasteiger partial charge in [0.1, 0.15) is 5.82 Å². The van der Waals surface area contributed by atoms with Crippen LogP contribution in [0.3, 0.4) is 0 Å². The number of nitrogens with one attached hydrogen (secondary N) is 1. The average Bonchev–Trinajstić information content (AvgIpc) is 3.18. The van der Waals surface area contributed by atoms with Crippen molar-refractivity contribution in [2.75, 3.05) is 31.6 Å². The van der Waals surface area contributed by atoms with Gasteiger partial charge in [-0.15, -0.1) is 0 Å². The summed E-state index contributed by atoms with van der Waals surface area (Å²) in [6, 6.07) is 9.15. The summed E-state index contributed by atoms with van der Waals surface area (Å²) < 4.78 is 0. The number of nitrogens with zero attached hydrogens (tertiary/aromatic N) is 4. The van der Waals surface area contributed by atoms with Crippen LogP contribution in [-0.4, -0.2) is 52.6 Å². The van der Waals surface area contributed by atoms with Gasteiger partial charge in [-0.2, -0.15) is 0 Å². The summed E-state index contributed by atoms with van der Waals surface area (Å²) >= 11 is 0. The first-order chi connectivity index (χ1) is 11.3. The smallest absolute Gasteiger partial charge is 0.147 e. The lowest BCUT2D eigenvalue weighted by atomic mass is 9.93. The number of aromatic nitrogens is 3. The van der Waals surface area contributed by atoms with Crippen LogP contribution >= 0.6 is 0 Å². The number of rotatable bonds is 2. The van der Waals surface area contributed by atoms with Crippen molar-refractivity contribution in [2.24, 2.45) is 5.92 Å². The molecule has 116 valence electrons. The second-order valence-corrected chi connectivity index (χ2v) is 6.71. The van der Waals surface area contributed by atoms with Gasteiger partial charge in [-0.3, -0.25) is 4.98 Å². The minimum absolute atomic E-state index is 0.691. The topological polar surface area (TPSA) is 48.0 Å². The third-order valence-corrected chi connectivity index (χ3v) is 5.29. The fourth-order valence-corrected chi connectivity index (χ4v) is 3.95. The lowest BCUT2D eigenvalue weighted by Gasteiger charge is -2.40. The Morgan fingerprint density at radius 1 is 1.13 bits per heavy atom. The highest BCUT2D eigenvalue weighted by molar-refractivity contribution is 5.84. The van der Waals surface area contributed by atoms with E-state index in [0.29, 0.717) is 6.04 Å². The molecule has 0 unspecified atom stereocenters. The molecule has 2 fully saturated rings. The summed E-state index contributed by atoms with van der Waals surface area (Å²) in [4.78, 5) is 17.3. The molecule has 0 radical (unpaired) electrons. The van der Waals surface area contributed by atoms with Gasteiger partial charge in [0.25, 0.3) is 0 Å². The Morgan fingerprint density at radius 2 is 2.09 bits per heavy atom. The van der Waals surface area contributed by atoms with E-state index in [-0.39, 0.29) is 0 Å². The quantitative estimate of drug-likeness (QED) is 0.790. The highest BCUT2D eigenvalue weighted by Crippen LogP contribution is 2.33. The fourth-order valence-electron chi connectivity index (χ4n) is 3.95. The molecule has 2 atom stereocenters. The van der Waals surface area contributed by atoms with Crippen LogP contribution in [0, 0.1) is 5.92 Å². The van der Waals surface area contributed by atoms with Gasteiger partial charge in [-0.1, -0.05) is 6.07 Å².